The summed E-state index contributed by atoms with van der Waals surface area (Å²) in [5.41, 5.74) is 1.25. The first kappa shape index (κ1) is 11.7. The van der Waals surface area contributed by atoms with Crippen LogP contribution < -0.4 is 5.32 Å². The molecule has 1 atom stereocenters. The van der Waals surface area contributed by atoms with E-state index in [2.05, 4.69) is 5.32 Å². The Balaban J connectivity index is 1.73. The minimum atomic E-state index is -0.316. The van der Waals surface area contributed by atoms with E-state index in [1.807, 2.05) is 6.07 Å². The molecular formula is C15H18FNO. The molecule has 0 spiro atoms. The number of hydrogen-bond acceptors (Lipinski definition) is 1. The van der Waals surface area contributed by atoms with Gasteiger partial charge in [0.2, 0.25) is 5.91 Å². The van der Waals surface area contributed by atoms with Crippen LogP contribution in [-0.2, 0) is 4.79 Å². The molecular weight excluding hydrogens is 229 g/mol. The van der Waals surface area contributed by atoms with Crippen molar-refractivity contribution in [3.8, 4) is 0 Å². The normalized spacial score (nSPS) is 23.2. The molecule has 1 saturated carbocycles. The summed E-state index contributed by atoms with van der Waals surface area (Å²) in [7, 11) is 0. The molecule has 1 aliphatic carbocycles. The minimum Gasteiger partial charge on any atom is -0.323 e. The van der Waals surface area contributed by atoms with Crippen LogP contribution in [0.2, 0.25) is 0 Å². The van der Waals surface area contributed by atoms with Crippen molar-refractivity contribution in [2.45, 2.75) is 44.4 Å². The Morgan fingerprint density at radius 3 is 2.78 bits per heavy atom. The molecule has 1 heterocycles. The molecule has 0 bridgehead atoms. The van der Waals surface area contributed by atoms with Gasteiger partial charge in [-0.15, -0.1) is 0 Å². The monoisotopic (exact) mass is 247 g/mol. The fourth-order valence-electron chi connectivity index (χ4n) is 3.30. The van der Waals surface area contributed by atoms with E-state index in [-0.39, 0.29) is 17.6 Å². The van der Waals surface area contributed by atoms with Gasteiger partial charge in [-0.05, 0) is 30.4 Å². The maximum absolute atomic E-state index is 13.6. The smallest absolute Gasteiger partial charge is 0.232 e. The van der Waals surface area contributed by atoms with Crippen LogP contribution in [-0.4, -0.2) is 5.91 Å². The second kappa shape index (κ2) is 4.71. The number of amides is 1. The molecule has 1 aromatic rings. The third-order valence-corrected chi connectivity index (χ3v) is 4.32. The lowest BCUT2D eigenvalue weighted by Crippen LogP contribution is -2.13. The van der Waals surface area contributed by atoms with Gasteiger partial charge in [-0.3, -0.25) is 4.79 Å². The van der Waals surface area contributed by atoms with Crippen LogP contribution in [0.15, 0.2) is 18.2 Å². The van der Waals surface area contributed by atoms with Crippen LogP contribution >= 0.6 is 0 Å². The lowest BCUT2D eigenvalue weighted by atomic mass is 9.90. The lowest BCUT2D eigenvalue weighted by Gasteiger charge is -2.12. The molecule has 1 aromatic carbocycles. The van der Waals surface area contributed by atoms with E-state index in [1.165, 1.54) is 31.7 Å². The molecule has 18 heavy (non-hydrogen) atoms. The molecule has 0 radical (unpaired) electrons. The molecule has 1 amide bonds. The Bertz CT molecular complexity index is 466. The second-order valence-electron chi connectivity index (χ2n) is 5.47. The second-order valence-corrected chi connectivity index (χ2v) is 5.47. The number of benzene rings is 1. The zero-order chi connectivity index (χ0) is 12.5. The zero-order valence-electron chi connectivity index (χ0n) is 10.4. The highest BCUT2D eigenvalue weighted by Gasteiger charge is 2.32. The summed E-state index contributed by atoms with van der Waals surface area (Å²) in [4.78, 5) is 11.9. The largest absolute Gasteiger partial charge is 0.323 e. The summed E-state index contributed by atoms with van der Waals surface area (Å²) in [6.45, 7) is 0. The van der Waals surface area contributed by atoms with Crippen molar-refractivity contribution in [3.05, 3.63) is 29.6 Å². The van der Waals surface area contributed by atoms with Gasteiger partial charge in [-0.1, -0.05) is 37.8 Å². The van der Waals surface area contributed by atoms with Crippen molar-refractivity contribution in [3.63, 3.8) is 0 Å². The molecule has 2 nitrogen and oxygen atoms in total. The summed E-state index contributed by atoms with van der Waals surface area (Å²) in [6.07, 6.45) is 7.19. The standard InChI is InChI=1S/C15H18FNO/c16-13-7-3-6-11-12(15(18)17-14(11)13)9-8-10-4-1-2-5-10/h3,6-7,10,12H,1-2,4-5,8-9H2,(H,17,18). The molecule has 96 valence electrons. The number of carbonyl (C=O) groups excluding carboxylic acids is 1. The van der Waals surface area contributed by atoms with E-state index < -0.39 is 0 Å². The Labute approximate surface area is 107 Å². The van der Waals surface area contributed by atoms with Crippen molar-refractivity contribution in [2.24, 2.45) is 5.92 Å². The number of para-hydroxylation sites is 1. The number of halogens is 1. The van der Waals surface area contributed by atoms with Crippen LogP contribution in [0.5, 0.6) is 0 Å². The highest BCUT2D eigenvalue weighted by molar-refractivity contribution is 6.02. The van der Waals surface area contributed by atoms with Gasteiger partial charge in [-0.25, -0.2) is 4.39 Å². The van der Waals surface area contributed by atoms with Gasteiger partial charge in [0.1, 0.15) is 5.82 Å². The van der Waals surface area contributed by atoms with Gasteiger partial charge in [0, 0.05) is 0 Å². The predicted molar refractivity (Wildman–Crippen MR) is 69.0 cm³/mol. The van der Waals surface area contributed by atoms with E-state index in [9.17, 15) is 9.18 Å². The van der Waals surface area contributed by atoms with Crippen molar-refractivity contribution < 1.29 is 9.18 Å². The molecule has 3 heteroatoms. The van der Waals surface area contributed by atoms with Gasteiger partial charge in [0.15, 0.2) is 0 Å². The van der Waals surface area contributed by atoms with Crippen LogP contribution in [0.3, 0.4) is 0 Å². The number of nitrogens with one attached hydrogen (secondary N) is 1. The van der Waals surface area contributed by atoms with Crippen molar-refractivity contribution in [2.75, 3.05) is 5.32 Å². The SMILES string of the molecule is O=C1Nc2c(F)cccc2C1CCC1CCCC1. The number of anilines is 1. The number of hydrogen-bond donors (Lipinski definition) is 1. The Morgan fingerprint density at radius 2 is 2.00 bits per heavy atom. The molecule has 3 rings (SSSR count). The molecule has 2 aliphatic rings. The summed E-state index contributed by atoms with van der Waals surface area (Å²) in [5, 5.41) is 2.68. The first-order valence-electron chi connectivity index (χ1n) is 6.85. The first-order chi connectivity index (χ1) is 8.75. The fraction of sp³-hybridized carbons (Fsp3) is 0.533. The molecule has 0 aromatic heterocycles. The van der Waals surface area contributed by atoms with Crippen LogP contribution in [0.4, 0.5) is 10.1 Å². The van der Waals surface area contributed by atoms with Crippen LogP contribution in [0.1, 0.15) is 50.0 Å². The van der Waals surface area contributed by atoms with E-state index in [1.54, 1.807) is 6.07 Å². The maximum Gasteiger partial charge on any atom is 0.232 e. The summed E-state index contributed by atoms with van der Waals surface area (Å²) in [5.74, 6) is 0.282. The Morgan fingerprint density at radius 1 is 1.22 bits per heavy atom. The van der Waals surface area contributed by atoms with E-state index in [0.29, 0.717) is 5.69 Å². The number of fused-ring (bicyclic) bond motifs is 1. The van der Waals surface area contributed by atoms with Crippen LogP contribution in [0.25, 0.3) is 0 Å². The molecule has 1 fully saturated rings. The maximum atomic E-state index is 13.6. The van der Waals surface area contributed by atoms with E-state index >= 15 is 0 Å². The molecule has 1 unspecified atom stereocenters. The third kappa shape index (κ3) is 2.02. The third-order valence-electron chi connectivity index (χ3n) is 4.32. The topological polar surface area (TPSA) is 29.1 Å². The van der Waals surface area contributed by atoms with Crippen molar-refractivity contribution in [1.29, 1.82) is 0 Å². The van der Waals surface area contributed by atoms with E-state index in [4.69, 9.17) is 0 Å². The van der Waals surface area contributed by atoms with E-state index in [0.717, 1.165) is 24.3 Å². The van der Waals surface area contributed by atoms with Crippen LogP contribution in [0, 0.1) is 11.7 Å². The number of rotatable bonds is 3. The Hall–Kier alpha value is -1.38. The highest BCUT2D eigenvalue weighted by atomic mass is 19.1. The Kier molecular flexibility index (Phi) is 3.06. The minimum absolute atomic E-state index is 0.0342. The highest BCUT2D eigenvalue weighted by Crippen LogP contribution is 2.39. The van der Waals surface area contributed by atoms with Crippen molar-refractivity contribution in [1.82, 2.24) is 0 Å². The molecule has 1 aliphatic heterocycles. The molecule has 0 saturated heterocycles. The van der Waals surface area contributed by atoms with Crippen molar-refractivity contribution >= 4 is 11.6 Å². The first-order valence-corrected chi connectivity index (χ1v) is 6.85. The average Bonchev–Trinajstić information content (AvgIpc) is 2.95. The number of carbonyl (C=O) groups is 1. The summed E-state index contributed by atoms with van der Waals surface area (Å²) in [6, 6.07) is 4.96. The predicted octanol–water partition coefficient (Wildman–Crippen LogP) is 3.83. The van der Waals surface area contributed by atoms with Gasteiger partial charge >= 0.3 is 0 Å². The summed E-state index contributed by atoms with van der Waals surface area (Å²) < 4.78 is 13.6. The average molecular weight is 247 g/mol. The van der Waals surface area contributed by atoms with Gasteiger partial charge in [0.05, 0.1) is 11.6 Å². The van der Waals surface area contributed by atoms with Gasteiger partial charge in [-0.2, -0.15) is 0 Å². The fourth-order valence-corrected chi connectivity index (χ4v) is 3.30. The summed E-state index contributed by atoms with van der Waals surface area (Å²) >= 11 is 0. The quantitative estimate of drug-likeness (QED) is 0.864. The lowest BCUT2D eigenvalue weighted by molar-refractivity contribution is -0.117. The zero-order valence-corrected chi connectivity index (χ0v) is 10.4. The van der Waals surface area contributed by atoms with Gasteiger partial charge < -0.3 is 5.32 Å². The molecule has 1 N–H and O–H groups in total. The van der Waals surface area contributed by atoms with Gasteiger partial charge in [0.25, 0.3) is 0 Å².